The van der Waals surface area contributed by atoms with E-state index in [0.29, 0.717) is 13.1 Å². The second-order valence-electron chi connectivity index (χ2n) is 7.14. The first-order valence-electron chi connectivity index (χ1n) is 10.1. The summed E-state index contributed by atoms with van der Waals surface area (Å²) in [6.45, 7) is 9.45. The molecule has 0 atom stereocenters. The maximum atomic E-state index is 8.71. The highest BCUT2D eigenvalue weighted by molar-refractivity contribution is 5.76. The van der Waals surface area contributed by atoms with Crippen LogP contribution in [0, 0.1) is 0 Å². The van der Waals surface area contributed by atoms with Gasteiger partial charge < -0.3 is 32.3 Å². The zero-order valence-electron chi connectivity index (χ0n) is 18.5. The molecule has 164 valence electrons. The number of nitrogens with one attached hydrogen (secondary N) is 2. The lowest BCUT2D eigenvalue weighted by atomic mass is 10.0. The van der Waals surface area contributed by atoms with Gasteiger partial charge >= 0.3 is 0 Å². The van der Waals surface area contributed by atoms with Gasteiger partial charge in [-0.1, -0.05) is 17.7 Å². The predicted octanol–water partition coefficient (Wildman–Crippen LogP) is 4.19. The number of hydrogen-bond donors (Lipinski definition) is 6. The second kappa shape index (κ2) is 13.3. The number of rotatable bonds is 8. The lowest BCUT2D eigenvalue weighted by Gasteiger charge is -2.10. The van der Waals surface area contributed by atoms with Crippen LogP contribution in [0.1, 0.15) is 38.8 Å². The lowest BCUT2D eigenvalue weighted by molar-refractivity contribution is 0.311. The standard InChI is InChI=1S/2C12H18N2O/c1-9(2)7-10-8-11(14-5-6-15)3-4-12(10)13;1-3-9(2)11-8-10(14-6-7-15)4-5-12(11)13/h3-4,7-8,14-15H,5-6,13H2,1-2H3;3-5,8,14-15H,6-7,13H2,1-2H3. The Morgan fingerprint density at radius 3 is 1.90 bits per heavy atom. The molecule has 0 bridgehead atoms. The van der Waals surface area contributed by atoms with Gasteiger partial charge in [0.25, 0.3) is 0 Å². The van der Waals surface area contributed by atoms with E-state index in [9.17, 15) is 0 Å². The molecule has 0 aliphatic rings. The number of allylic oxidation sites excluding steroid dienone is 3. The van der Waals surface area contributed by atoms with Crippen molar-refractivity contribution in [1.82, 2.24) is 0 Å². The Morgan fingerprint density at radius 1 is 0.867 bits per heavy atom. The summed E-state index contributed by atoms with van der Waals surface area (Å²) in [7, 11) is 0. The van der Waals surface area contributed by atoms with Crippen molar-refractivity contribution in [2.24, 2.45) is 0 Å². The van der Waals surface area contributed by atoms with E-state index < -0.39 is 0 Å². The van der Waals surface area contributed by atoms with Crippen LogP contribution in [0.15, 0.2) is 48.0 Å². The smallest absolute Gasteiger partial charge is 0.0604 e. The van der Waals surface area contributed by atoms with E-state index in [1.807, 2.05) is 76.2 Å². The average Bonchev–Trinajstić information content (AvgIpc) is 2.73. The third kappa shape index (κ3) is 8.59. The molecule has 0 saturated heterocycles. The number of aliphatic hydroxyl groups excluding tert-OH is 2. The number of benzene rings is 2. The number of aliphatic hydroxyl groups is 2. The van der Waals surface area contributed by atoms with Gasteiger partial charge in [-0.05, 0) is 75.2 Å². The fourth-order valence-corrected chi connectivity index (χ4v) is 2.68. The van der Waals surface area contributed by atoms with Gasteiger partial charge in [0.15, 0.2) is 0 Å². The molecule has 2 aromatic rings. The number of nitrogen functional groups attached to an aromatic ring is 2. The molecule has 0 unspecified atom stereocenters. The summed E-state index contributed by atoms with van der Waals surface area (Å²) in [5.74, 6) is 0. The third-order valence-corrected chi connectivity index (χ3v) is 4.32. The van der Waals surface area contributed by atoms with E-state index in [4.69, 9.17) is 21.7 Å². The van der Waals surface area contributed by atoms with Crippen LogP contribution in [0.2, 0.25) is 0 Å². The van der Waals surface area contributed by atoms with Gasteiger partial charge in [0.2, 0.25) is 0 Å². The Balaban J connectivity index is 0.000000300. The summed E-state index contributed by atoms with van der Waals surface area (Å²) in [6, 6.07) is 11.6. The molecule has 2 rings (SSSR count). The third-order valence-electron chi connectivity index (χ3n) is 4.32. The van der Waals surface area contributed by atoms with Crippen molar-refractivity contribution in [3.8, 4) is 0 Å². The van der Waals surface area contributed by atoms with Crippen molar-refractivity contribution in [2.75, 3.05) is 48.4 Å². The first-order valence-corrected chi connectivity index (χ1v) is 10.1. The average molecular weight is 413 g/mol. The van der Waals surface area contributed by atoms with Gasteiger partial charge in [-0.2, -0.15) is 0 Å². The molecule has 0 saturated carbocycles. The van der Waals surface area contributed by atoms with Crippen molar-refractivity contribution in [3.63, 3.8) is 0 Å². The molecule has 8 N–H and O–H groups in total. The monoisotopic (exact) mass is 412 g/mol. The van der Waals surface area contributed by atoms with Crippen LogP contribution in [-0.2, 0) is 0 Å². The van der Waals surface area contributed by atoms with Gasteiger partial charge in [0.1, 0.15) is 0 Å². The van der Waals surface area contributed by atoms with Gasteiger partial charge in [-0.3, -0.25) is 0 Å². The van der Waals surface area contributed by atoms with Crippen LogP contribution >= 0.6 is 0 Å². The molecule has 0 amide bonds. The maximum Gasteiger partial charge on any atom is 0.0604 e. The van der Waals surface area contributed by atoms with E-state index in [-0.39, 0.29) is 13.2 Å². The summed E-state index contributed by atoms with van der Waals surface area (Å²) < 4.78 is 0. The Morgan fingerprint density at radius 2 is 1.40 bits per heavy atom. The van der Waals surface area contributed by atoms with Crippen LogP contribution in [0.5, 0.6) is 0 Å². The summed E-state index contributed by atoms with van der Waals surface area (Å²) in [4.78, 5) is 0. The van der Waals surface area contributed by atoms with Crippen LogP contribution in [-0.4, -0.2) is 36.5 Å². The Labute approximate surface area is 180 Å². The van der Waals surface area contributed by atoms with Crippen molar-refractivity contribution in [1.29, 1.82) is 0 Å². The number of nitrogens with two attached hydrogens (primary N) is 2. The first kappa shape index (κ1) is 25.1. The fraction of sp³-hybridized carbons (Fsp3) is 0.333. The Hall–Kier alpha value is -2.96. The molecule has 0 radical (unpaired) electrons. The summed E-state index contributed by atoms with van der Waals surface area (Å²) >= 11 is 0. The molecule has 6 heteroatoms. The van der Waals surface area contributed by atoms with Crippen LogP contribution in [0.25, 0.3) is 11.6 Å². The minimum absolute atomic E-state index is 0.127. The molecular weight excluding hydrogens is 376 g/mol. The molecule has 0 spiro atoms. The van der Waals surface area contributed by atoms with E-state index in [1.54, 1.807) is 0 Å². The van der Waals surface area contributed by atoms with Crippen molar-refractivity contribution >= 4 is 34.4 Å². The predicted molar refractivity (Wildman–Crippen MR) is 132 cm³/mol. The largest absolute Gasteiger partial charge is 0.398 e. The van der Waals surface area contributed by atoms with E-state index in [0.717, 1.165) is 39.4 Å². The molecule has 0 heterocycles. The van der Waals surface area contributed by atoms with E-state index >= 15 is 0 Å². The molecular formula is C24H36N4O2. The maximum absolute atomic E-state index is 8.71. The molecule has 0 aliphatic heterocycles. The highest BCUT2D eigenvalue weighted by Crippen LogP contribution is 2.24. The summed E-state index contributed by atoms with van der Waals surface area (Å²) in [5, 5.41) is 23.6. The van der Waals surface area contributed by atoms with E-state index in [1.165, 1.54) is 5.57 Å². The number of anilines is 4. The minimum atomic E-state index is 0.127. The van der Waals surface area contributed by atoms with Crippen molar-refractivity contribution in [2.45, 2.75) is 27.7 Å². The number of hydrogen-bond acceptors (Lipinski definition) is 6. The quantitative estimate of drug-likeness (QED) is 0.362. The first-order chi connectivity index (χ1) is 14.3. The van der Waals surface area contributed by atoms with Crippen molar-refractivity contribution in [3.05, 3.63) is 59.2 Å². The van der Waals surface area contributed by atoms with Crippen LogP contribution in [0.3, 0.4) is 0 Å². The highest BCUT2D eigenvalue weighted by Gasteiger charge is 2.02. The summed E-state index contributed by atoms with van der Waals surface area (Å²) in [5.41, 5.74) is 19.6. The molecule has 30 heavy (non-hydrogen) atoms. The molecule has 6 nitrogen and oxygen atoms in total. The molecule has 0 fully saturated rings. The van der Waals surface area contributed by atoms with Gasteiger partial charge in [0, 0.05) is 41.4 Å². The van der Waals surface area contributed by atoms with Crippen LogP contribution < -0.4 is 22.1 Å². The van der Waals surface area contributed by atoms with Gasteiger partial charge in [-0.25, -0.2) is 0 Å². The summed E-state index contributed by atoms with van der Waals surface area (Å²) in [6.07, 6.45) is 4.07. The topological polar surface area (TPSA) is 117 Å². The molecule has 0 aromatic heterocycles. The normalized spacial score (nSPS) is 10.7. The lowest BCUT2D eigenvalue weighted by Crippen LogP contribution is -2.06. The zero-order valence-corrected chi connectivity index (χ0v) is 18.5. The van der Waals surface area contributed by atoms with Crippen LogP contribution in [0.4, 0.5) is 22.7 Å². The van der Waals surface area contributed by atoms with Crippen molar-refractivity contribution < 1.29 is 10.2 Å². The van der Waals surface area contributed by atoms with Gasteiger partial charge in [-0.15, -0.1) is 0 Å². The zero-order chi connectivity index (χ0) is 22.5. The fourth-order valence-electron chi connectivity index (χ4n) is 2.68. The Kier molecular flexibility index (Phi) is 11.1. The minimum Gasteiger partial charge on any atom is -0.398 e. The van der Waals surface area contributed by atoms with E-state index in [2.05, 4.69) is 10.6 Å². The SMILES string of the molecule is CC(C)=Cc1cc(NCCO)ccc1N.CC=C(C)c1cc(NCCO)ccc1N. The molecule has 0 aliphatic carbocycles. The molecule has 2 aromatic carbocycles. The second-order valence-corrected chi connectivity index (χ2v) is 7.14. The van der Waals surface area contributed by atoms with Gasteiger partial charge in [0.05, 0.1) is 13.2 Å². The Bertz CT molecular complexity index is 856. The highest BCUT2D eigenvalue weighted by atomic mass is 16.3.